The van der Waals surface area contributed by atoms with Crippen LogP contribution in [0.15, 0.2) is 0 Å². The number of hydrogen-bond acceptors (Lipinski definition) is 8. The molecular formula is C15H25NO8. The molecule has 0 spiro atoms. The number of ether oxygens (including phenoxy) is 3. The highest BCUT2D eigenvalue weighted by Crippen LogP contribution is 2.11. The highest BCUT2D eigenvalue weighted by atomic mass is 16.5. The van der Waals surface area contributed by atoms with Crippen LogP contribution < -0.4 is 0 Å². The molecular weight excluding hydrogens is 322 g/mol. The molecule has 0 radical (unpaired) electrons. The molecule has 24 heavy (non-hydrogen) atoms. The molecule has 0 amide bonds. The third-order valence-corrected chi connectivity index (χ3v) is 2.91. The molecule has 1 atom stereocenters. The zero-order chi connectivity index (χ0) is 18.5. The Labute approximate surface area is 140 Å². The van der Waals surface area contributed by atoms with Gasteiger partial charge in [-0.05, 0) is 27.2 Å². The van der Waals surface area contributed by atoms with E-state index in [0.29, 0.717) is 0 Å². The van der Waals surface area contributed by atoms with Gasteiger partial charge in [-0.1, -0.05) is 0 Å². The largest absolute Gasteiger partial charge is 0.481 e. The lowest BCUT2D eigenvalue weighted by Gasteiger charge is -2.28. The highest BCUT2D eigenvalue weighted by Gasteiger charge is 2.31. The van der Waals surface area contributed by atoms with E-state index in [0.717, 1.165) is 0 Å². The first-order chi connectivity index (χ1) is 11.3. The van der Waals surface area contributed by atoms with Crippen molar-refractivity contribution in [3.63, 3.8) is 0 Å². The van der Waals surface area contributed by atoms with Gasteiger partial charge in [0.2, 0.25) is 0 Å². The van der Waals surface area contributed by atoms with Crippen LogP contribution in [0.5, 0.6) is 0 Å². The van der Waals surface area contributed by atoms with Gasteiger partial charge in [-0.25, -0.2) is 0 Å². The predicted molar refractivity (Wildman–Crippen MR) is 82.1 cm³/mol. The minimum atomic E-state index is -1.10. The van der Waals surface area contributed by atoms with E-state index >= 15 is 0 Å². The molecule has 0 aliphatic heterocycles. The second-order valence-electron chi connectivity index (χ2n) is 4.72. The molecule has 0 saturated heterocycles. The van der Waals surface area contributed by atoms with E-state index in [1.54, 1.807) is 20.8 Å². The number of carbonyl (C=O) groups excluding carboxylic acids is 3. The Morgan fingerprint density at radius 3 is 1.71 bits per heavy atom. The fourth-order valence-corrected chi connectivity index (χ4v) is 1.97. The summed E-state index contributed by atoms with van der Waals surface area (Å²) in [5.41, 5.74) is 0. The molecule has 1 unspecified atom stereocenters. The number of rotatable bonds is 12. The van der Waals surface area contributed by atoms with E-state index in [1.807, 2.05) is 0 Å². The number of carbonyl (C=O) groups is 4. The Hall–Kier alpha value is -2.16. The molecule has 138 valence electrons. The zero-order valence-electron chi connectivity index (χ0n) is 14.3. The number of carboxylic acid groups (broad SMARTS) is 1. The van der Waals surface area contributed by atoms with Crippen molar-refractivity contribution in [3.05, 3.63) is 0 Å². The maximum Gasteiger partial charge on any atom is 0.323 e. The van der Waals surface area contributed by atoms with Crippen LogP contribution in [0.4, 0.5) is 0 Å². The summed E-state index contributed by atoms with van der Waals surface area (Å²) in [6.07, 6.45) is -0.418. The van der Waals surface area contributed by atoms with E-state index in [2.05, 4.69) is 0 Å². The fraction of sp³-hybridized carbons (Fsp3) is 0.733. The topological polar surface area (TPSA) is 119 Å². The van der Waals surface area contributed by atoms with Crippen LogP contribution in [0.25, 0.3) is 0 Å². The van der Waals surface area contributed by atoms with Crippen LogP contribution in [0.2, 0.25) is 0 Å². The van der Waals surface area contributed by atoms with Crippen LogP contribution in [0.3, 0.4) is 0 Å². The minimum Gasteiger partial charge on any atom is -0.481 e. The van der Waals surface area contributed by atoms with Crippen LogP contribution in [-0.4, -0.2) is 72.8 Å². The number of esters is 3. The molecule has 0 rings (SSSR count). The molecule has 0 bridgehead atoms. The molecule has 9 heteroatoms. The molecule has 0 aromatic heterocycles. The van der Waals surface area contributed by atoms with Gasteiger partial charge in [0, 0.05) is 6.42 Å². The maximum absolute atomic E-state index is 12.1. The average Bonchev–Trinajstić information content (AvgIpc) is 2.47. The van der Waals surface area contributed by atoms with Crippen LogP contribution >= 0.6 is 0 Å². The molecule has 0 aliphatic rings. The Kier molecular flexibility index (Phi) is 11.2. The monoisotopic (exact) mass is 347 g/mol. The minimum absolute atomic E-state index is 0.0923. The number of carboxylic acids is 1. The van der Waals surface area contributed by atoms with E-state index in [1.165, 1.54) is 4.90 Å². The summed E-state index contributed by atoms with van der Waals surface area (Å²) >= 11 is 0. The smallest absolute Gasteiger partial charge is 0.323 e. The lowest BCUT2D eigenvalue weighted by Crippen LogP contribution is -2.48. The zero-order valence-corrected chi connectivity index (χ0v) is 14.3. The Morgan fingerprint density at radius 2 is 1.33 bits per heavy atom. The van der Waals surface area contributed by atoms with Crippen molar-refractivity contribution in [3.8, 4) is 0 Å². The van der Waals surface area contributed by atoms with Crippen molar-refractivity contribution in [2.24, 2.45) is 0 Å². The van der Waals surface area contributed by atoms with Gasteiger partial charge < -0.3 is 19.3 Å². The molecule has 0 aliphatic carbocycles. The number of hydrogen-bond donors (Lipinski definition) is 1. The van der Waals surface area contributed by atoms with Gasteiger partial charge >= 0.3 is 23.9 Å². The standard InChI is InChI=1S/C15H25NO8/c1-4-22-13(19)9-16(10-14(20)23-5-2)11(7-8-12(17)18)15(21)24-6-3/h11H,4-10H2,1-3H3,(H,17,18). The molecule has 1 N–H and O–H groups in total. The SMILES string of the molecule is CCOC(=O)CN(CC(=O)OCC)C(CCC(=O)O)C(=O)OCC. The number of aliphatic carboxylic acids is 1. The van der Waals surface area contributed by atoms with Crippen LogP contribution in [-0.2, 0) is 33.4 Å². The first-order valence-corrected chi connectivity index (χ1v) is 7.79. The summed E-state index contributed by atoms with van der Waals surface area (Å²) in [4.78, 5) is 47.6. The summed E-state index contributed by atoms with van der Waals surface area (Å²) in [7, 11) is 0. The summed E-state index contributed by atoms with van der Waals surface area (Å²) in [6.45, 7) is 4.53. The van der Waals surface area contributed by atoms with Gasteiger partial charge in [0.1, 0.15) is 6.04 Å². The summed E-state index contributed by atoms with van der Waals surface area (Å²) in [5.74, 6) is -3.07. The van der Waals surface area contributed by atoms with Crippen molar-refractivity contribution in [2.75, 3.05) is 32.9 Å². The summed E-state index contributed by atoms with van der Waals surface area (Å²) in [6, 6.07) is -1.06. The Balaban J connectivity index is 5.24. The quantitative estimate of drug-likeness (QED) is 0.390. The van der Waals surface area contributed by atoms with E-state index in [4.69, 9.17) is 19.3 Å². The molecule has 0 aromatic carbocycles. The second-order valence-corrected chi connectivity index (χ2v) is 4.72. The van der Waals surface area contributed by atoms with Crippen molar-refractivity contribution in [2.45, 2.75) is 39.7 Å². The highest BCUT2D eigenvalue weighted by molar-refractivity contribution is 5.80. The third-order valence-electron chi connectivity index (χ3n) is 2.91. The van der Waals surface area contributed by atoms with Crippen molar-refractivity contribution < 1.29 is 38.5 Å². The lowest BCUT2D eigenvalue weighted by molar-refractivity contribution is -0.156. The summed E-state index contributed by atoms with van der Waals surface area (Å²) in [5, 5.41) is 8.83. The molecule has 0 saturated carbocycles. The average molecular weight is 347 g/mol. The maximum atomic E-state index is 12.1. The van der Waals surface area contributed by atoms with Crippen molar-refractivity contribution in [1.82, 2.24) is 4.90 Å². The Morgan fingerprint density at radius 1 is 0.875 bits per heavy atom. The van der Waals surface area contributed by atoms with Gasteiger partial charge in [-0.3, -0.25) is 24.1 Å². The fourth-order valence-electron chi connectivity index (χ4n) is 1.97. The van der Waals surface area contributed by atoms with Gasteiger partial charge in [0.25, 0.3) is 0 Å². The van der Waals surface area contributed by atoms with Crippen LogP contribution in [0.1, 0.15) is 33.6 Å². The van der Waals surface area contributed by atoms with Crippen molar-refractivity contribution >= 4 is 23.9 Å². The Bertz CT molecular complexity index is 417. The van der Waals surface area contributed by atoms with E-state index in [9.17, 15) is 19.2 Å². The summed E-state index contributed by atoms with van der Waals surface area (Å²) < 4.78 is 14.6. The van der Waals surface area contributed by atoms with Crippen molar-refractivity contribution in [1.29, 1.82) is 0 Å². The second kappa shape index (κ2) is 12.3. The van der Waals surface area contributed by atoms with Gasteiger partial charge in [0.15, 0.2) is 0 Å². The first-order valence-electron chi connectivity index (χ1n) is 7.79. The van der Waals surface area contributed by atoms with Gasteiger partial charge in [0.05, 0.1) is 32.9 Å². The molecule has 9 nitrogen and oxygen atoms in total. The number of nitrogens with zero attached hydrogens (tertiary/aromatic N) is 1. The normalized spacial score (nSPS) is 11.7. The molecule has 0 fully saturated rings. The van der Waals surface area contributed by atoms with Gasteiger partial charge in [-0.2, -0.15) is 0 Å². The van der Waals surface area contributed by atoms with Gasteiger partial charge in [-0.15, -0.1) is 0 Å². The van der Waals surface area contributed by atoms with E-state index in [-0.39, 0.29) is 45.8 Å². The predicted octanol–water partition coefficient (Wildman–Crippen LogP) is 0.211. The third kappa shape index (κ3) is 9.09. The van der Waals surface area contributed by atoms with E-state index < -0.39 is 29.9 Å². The molecule has 0 heterocycles. The molecule has 0 aromatic rings. The lowest BCUT2D eigenvalue weighted by atomic mass is 10.1. The first kappa shape index (κ1) is 21.8. The van der Waals surface area contributed by atoms with Crippen LogP contribution in [0, 0.1) is 0 Å².